The Hall–Kier alpha value is -7.93. The maximum absolute atomic E-state index is 10.3. The van der Waals surface area contributed by atoms with Gasteiger partial charge in [0.05, 0.1) is 30.3 Å². The van der Waals surface area contributed by atoms with E-state index in [1.54, 1.807) is 155 Å². The minimum absolute atomic E-state index is 0. The van der Waals surface area contributed by atoms with E-state index >= 15 is 0 Å². The monoisotopic (exact) mass is 1680 g/mol. The van der Waals surface area contributed by atoms with Gasteiger partial charge in [-0.05, 0) is 104 Å². The number of hydrogen-bond acceptors (Lipinski definition) is 18. The van der Waals surface area contributed by atoms with Crippen LogP contribution in [0, 0.1) is 56.7 Å². The Morgan fingerprint density at radius 1 is 0.304 bits per heavy atom. The van der Waals surface area contributed by atoms with Gasteiger partial charge in [-0.2, -0.15) is 26.3 Å². The Balaban J connectivity index is -0.000000106. The molecular formula is C82H114Cl2N9Na3O12P4. The van der Waals surface area contributed by atoms with E-state index in [2.05, 4.69) is 4.74 Å². The van der Waals surface area contributed by atoms with Gasteiger partial charge in [0.1, 0.15) is 51.8 Å². The summed E-state index contributed by atoms with van der Waals surface area (Å²) in [4.78, 5) is 0. The van der Waals surface area contributed by atoms with Crippen LogP contribution in [-0.2, 0) is 0 Å². The van der Waals surface area contributed by atoms with Crippen molar-refractivity contribution >= 4 is 51.1 Å². The first-order valence-electron chi connectivity index (χ1n) is 29.2. The van der Waals surface area contributed by atoms with Gasteiger partial charge in [-0.3, -0.25) is 4.74 Å². The number of para-hydroxylation sites is 10. The van der Waals surface area contributed by atoms with Crippen LogP contribution < -0.4 is 126 Å². The fourth-order valence-corrected chi connectivity index (χ4v) is 13.8. The van der Waals surface area contributed by atoms with Crippen molar-refractivity contribution in [2.45, 2.75) is 94.0 Å². The summed E-state index contributed by atoms with van der Waals surface area (Å²) in [6.45, 7) is 10.7. The Labute approximate surface area is 748 Å². The van der Waals surface area contributed by atoms with Crippen molar-refractivity contribution < 1.29 is 147 Å². The van der Waals surface area contributed by atoms with Gasteiger partial charge in [0.25, 0.3) is 0 Å². The second kappa shape index (κ2) is 87.0. The summed E-state index contributed by atoms with van der Waals surface area (Å²) < 4.78 is 59.2. The summed E-state index contributed by atoms with van der Waals surface area (Å²) in [5.41, 5.74) is 0. The molecule has 0 fully saturated rings. The van der Waals surface area contributed by atoms with Crippen LogP contribution in [0.25, 0.3) is 0 Å². The van der Waals surface area contributed by atoms with E-state index < -0.39 is 28.6 Å². The van der Waals surface area contributed by atoms with Gasteiger partial charge in [0, 0.05) is 55.4 Å². The van der Waals surface area contributed by atoms with Crippen molar-refractivity contribution in [3.63, 3.8) is 0 Å². The fourth-order valence-electron chi connectivity index (χ4n) is 6.22. The number of phenolic OH excluding ortho intramolecular Hbond substituents is 2. The molecule has 0 unspecified atom stereocenters. The number of phenols is 2. The van der Waals surface area contributed by atoms with Gasteiger partial charge >= 0.3 is 111 Å². The minimum Gasteiger partial charge on any atom is -0.872 e. The molecule has 112 heavy (non-hydrogen) atoms. The Bertz CT molecular complexity index is 3810. The van der Waals surface area contributed by atoms with Gasteiger partial charge in [-0.15, -0.1) is 16.0 Å². The molecule has 0 saturated heterocycles. The SMILES string of the molecule is C.C.C.C.C.C.C.C.CC#N.CC#N.CC#N.CC#N.CC#N.CN=P(C)(Cl)Cl.CN=P(N=P(N=P(C)(Oc1ccccc1)Oc1ccccc1)(Oc1ccccc1)Oc1ccccc1)(Oc1ccccc1)Oc1ccccc1.O.Oc1ccccc1.Oc1ccccc1.[Na+].[Na+].[Na+].[O-]c1ccccc1.[O-]c1ccccc1.[OH-]. The summed E-state index contributed by atoms with van der Waals surface area (Å²) in [6.07, 6.45) is 0. The van der Waals surface area contributed by atoms with E-state index in [0.29, 0.717) is 46.0 Å². The number of aromatic hydroxyl groups is 2. The van der Waals surface area contributed by atoms with Gasteiger partial charge in [0.2, 0.25) is 0 Å². The van der Waals surface area contributed by atoms with E-state index in [-0.39, 0.29) is 171 Å². The van der Waals surface area contributed by atoms with Crippen LogP contribution in [0.15, 0.2) is 322 Å². The van der Waals surface area contributed by atoms with Crippen molar-refractivity contribution in [1.29, 1.82) is 26.3 Å². The standard InChI is InChI=1S/C38H36N3O6P3.4C6H6O.C2H6Cl2NP.5C2H3N.8CH4.3Na.2H2O/c1-39-49(44-35-25-13-5-14-26-35,45-36-27-15-6-16-28-36)41-50(46-37-29-17-7-18-30-37,47-38-31-19-8-20-32-38)40-48(2,42-33-21-9-3-10-22-33)43-34-23-11-4-12-24-34;4*7-6-4-2-1-3-5-6;1-5-6(2,3)4;5*1-2-3;;;;;;;;;;;;;/h3-32H,1-2H3;4*1-5,7H;1-2H3;5*1H3;8*1H4;;;;2*1H2/q;;;;;;;;;;;;;;;;;;;3*+1;;/p-3. The summed E-state index contributed by atoms with van der Waals surface area (Å²) >= 11 is 10.9. The van der Waals surface area contributed by atoms with Crippen LogP contribution in [0.4, 0.5) is 0 Å². The molecule has 30 heteroatoms. The van der Waals surface area contributed by atoms with Crippen molar-refractivity contribution in [2.24, 2.45) is 18.5 Å². The predicted molar refractivity (Wildman–Crippen MR) is 459 cm³/mol. The maximum Gasteiger partial charge on any atom is 1.00 e. The molecule has 10 rings (SSSR count). The molecular weight excluding hydrogens is 1570 g/mol. The number of nitriles is 5. The zero-order valence-corrected chi connectivity index (χ0v) is 71.1. The van der Waals surface area contributed by atoms with Crippen molar-refractivity contribution in [3.05, 3.63) is 303 Å². The van der Waals surface area contributed by atoms with E-state index in [0.717, 1.165) is 0 Å². The molecule has 10 aromatic rings. The molecule has 0 aliphatic rings. The van der Waals surface area contributed by atoms with Gasteiger partial charge in [-0.25, -0.2) is 4.74 Å². The second-order valence-corrected chi connectivity index (χ2v) is 30.8. The third-order valence-corrected chi connectivity index (χ3v) is 19.0. The third-order valence-electron chi connectivity index (χ3n) is 10.0. The average Bonchev–Trinajstić information content (AvgIpc) is 0.769. The molecule has 5 N–H and O–H groups in total. The Morgan fingerprint density at radius 3 is 0.589 bits per heavy atom. The quantitative estimate of drug-likeness (QED) is 0.0754. The number of rotatable bonds is 14. The number of nitrogens with zero attached hydrogens (tertiary/aromatic N) is 9. The van der Waals surface area contributed by atoms with E-state index in [1.807, 2.05) is 182 Å². The zero-order chi connectivity index (χ0) is 73.7. The van der Waals surface area contributed by atoms with Gasteiger partial charge in [-0.1, -0.05) is 293 Å². The van der Waals surface area contributed by atoms with Crippen LogP contribution >= 0.6 is 51.1 Å². The van der Waals surface area contributed by atoms with Crippen molar-refractivity contribution in [1.82, 2.24) is 0 Å². The predicted octanol–water partition coefficient (Wildman–Crippen LogP) is 17.5. The summed E-state index contributed by atoms with van der Waals surface area (Å²) in [6, 6.07) is 98.4. The molecule has 596 valence electrons. The van der Waals surface area contributed by atoms with E-state index in [1.165, 1.54) is 58.9 Å². The molecule has 0 aromatic heterocycles. The second-order valence-electron chi connectivity index (χ2n) is 18.0. The van der Waals surface area contributed by atoms with Crippen LogP contribution in [0.5, 0.6) is 57.5 Å². The Kier molecular flexibility index (Phi) is 106. The van der Waals surface area contributed by atoms with Crippen LogP contribution in [-0.4, -0.2) is 48.6 Å². The number of hydrogen-bond donors (Lipinski definition) is 2. The molecule has 0 atom stereocenters. The molecule has 0 heterocycles. The zero-order valence-electron chi connectivity index (χ0n) is 60.0. The molecule has 0 aliphatic carbocycles. The van der Waals surface area contributed by atoms with E-state index in [4.69, 9.17) is 99.9 Å². The Morgan fingerprint density at radius 2 is 0.455 bits per heavy atom. The topological polar surface area (TPSA) is 372 Å². The molecule has 0 amide bonds. The molecule has 0 radical (unpaired) electrons. The molecule has 21 nitrogen and oxygen atoms in total. The fraction of sp³-hybridized carbons (Fsp3) is 0.207. The molecule has 0 bridgehead atoms. The molecule has 0 spiro atoms. The molecule has 0 saturated carbocycles. The first-order chi connectivity index (χ1) is 47.7. The summed E-state index contributed by atoms with van der Waals surface area (Å²) in [5.74, 6) is 1.92. The smallest absolute Gasteiger partial charge is 0.872 e. The van der Waals surface area contributed by atoms with Crippen molar-refractivity contribution in [3.8, 4) is 87.8 Å². The largest absolute Gasteiger partial charge is 1.00 e. The normalized spacial score (nSPS) is 8.20. The average molecular weight is 1680 g/mol. The van der Waals surface area contributed by atoms with Gasteiger partial charge < -0.3 is 58.5 Å². The van der Waals surface area contributed by atoms with Crippen LogP contribution in [0.2, 0.25) is 0 Å². The van der Waals surface area contributed by atoms with Crippen molar-refractivity contribution in [2.75, 3.05) is 27.4 Å². The summed E-state index contributed by atoms with van der Waals surface area (Å²) in [7, 11) is -7.86. The van der Waals surface area contributed by atoms with Crippen LogP contribution in [0.1, 0.15) is 94.0 Å². The van der Waals surface area contributed by atoms with Gasteiger partial charge in [0.15, 0.2) is 0 Å². The van der Waals surface area contributed by atoms with E-state index in [9.17, 15) is 10.2 Å². The first kappa shape index (κ1) is 136. The van der Waals surface area contributed by atoms with Crippen LogP contribution in [0.3, 0.4) is 0 Å². The minimum atomic E-state index is -3.99. The third kappa shape index (κ3) is 72.3. The first-order valence-corrected chi connectivity index (χ1v) is 38.3. The number of halogens is 2. The summed E-state index contributed by atoms with van der Waals surface area (Å²) in [5, 5.41) is 74.4. The number of benzene rings is 10. The molecule has 10 aromatic carbocycles. The maximum atomic E-state index is 10.3. The molecule has 0 aliphatic heterocycles.